The van der Waals surface area contributed by atoms with Crippen molar-refractivity contribution in [3.63, 3.8) is 0 Å². The van der Waals surface area contributed by atoms with Gasteiger partial charge in [0, 0.05) is 13.1 Å². The molecule has 0 spiro atoms. The van der Waals surface area contributed by atoms with Crippen LogP contribution in [0.15, 0.2) is 22.7 Å². The number of esters is 1. The fraction of sp³-hybridized carbons (Fsp3) is 0.696. The number of nitrogens with zero attached hydrogens (tertiary/aromatic N) is 1. The summed E-state index contributed by atoms with van der Waals surface area (Å²) in [6.07, 6.45) is 4.67. The highest BCUT2D eigenvalue weighted by Gasteiger charge is 2.39. The Morgan fingerprint density at radius 2 is 1.81 bits per heavy atom. The maximum absolute atomic E-state index is 13.3. The number of hydrogen-bond donors (Lipinski definition) is 0. The molecule has 3 rings (SSSR count). The summed E-state index contributed by atoms with van der Waals surface area (Å²) in [6, 6.07) is 4.24. The molecule has 2 fully saturated rings. The molecule has 1 atom stereocenters. The zero-order chi connectivity index (χ0) is 23.5. The van der Waals surface area contributed by atoms with Crippen LogP contribution in [0.1, 0.15) is 59.3 Å². The first-order valence-electron chi connectivity index (χ1n) is 11.3. The van der Waals surface area contributed by atoms with Gasteiger partial charge in [-0.1, -0.05) is 12.8 Å². The maximum atomic E-state index is 13.3. The van der Waals surface area contributed by atoms with Gasteiger partial charge in [0.2, 0.25) is 10.0 Å². The molecule has 0 amide bonds. The van der Waals surface area contributed by atoms with E-state index in [2.05, 4.69) is 15.9 Å². The van der Waals surface area contributed by atoms with Crippen LogP contribution in [-0.4, -0.2) is 49.2 Å². The summed E-state index contributed by atoms with van der Waals surface area (Å²) in [6.45, 7) is 6.06. The Hall–Kier alpha value is -1.19. The van der Waals surface area contributed by atoms with E-state index in [-0.39, 0.29) is 23.6 Å². The van der Waals surface area contributed by atoms with Gasteiger partial charge in [0.1, 0.15) is 23.3 Å². The molecule has 1 aliphatic heterocycles. The number of carbonyl (C=O) groups is 1. The van der Waals surface area contributed by atoms with Crippen molar-refractivity contribution in [1.82, 2.24) is 4.31 Å². The normalized spacial score (nSPS) is 20.3. The molecule has 0 N–H and O–H groups in total. The minimum atomic E-state index is -3.61. The van der Waals surface area contributed by atoms with Gasteiger partial charge in [0.05, 0.1) is 16.1 Å². The quantitative estimate of drug-likeness (QED) is 0.465. The second kappa shape index (κ2) is 10.4. The lowest BCUT2D eigenvalue weighted by molar-refractivity contribution is -0.161. The van der Waals surface area contributed by atoms with E-state index in [1.54, 1.807) is 26.8 Å². The maximum Gasteiger partial charge on any atom is 0.310 e. The molecule has 1 aromatic carbocycles. The van der Waals surface area contributed by atoms with Gasteiger partial charge in [-0.25, -0.2) is 17.1 Å². The van der Waals surface area contributed by atoms with Crippen molar-refractivity contribution >= 4 is 31.9 Å². The minimum Gasteiger partial charge on any atom is -0.489 e. The fourth-order valence-corrected chi connectivity index (χ4v) is 6.73. The molecule has 0 aromatic heterocycles. The molecule has 1 heterocycles. The highest BCUT2D eigenvalue weighted by molar-refractivity contribution is 9.10. The molecule has 6 nitrogen and oxygen atoms in total. The van der Waals surface area contributed by atoms with Gasteiger partial charge in [-0.15, -0.1) is 0 Å². The first kappa shape index (κ1) is 25.4. The molecular weight excluding hydrogens is 501 g/mol. The largest absolute Gasteiger partial charge is 0.489 e. The highest BCUT2D eigenvalue weighted by Crippen LogP contribution is 2.35. The van der Waals surface area contributed by atoms with Crippen LogP contribution in [0.25, 0.3) is 0 Å². The molecule has 32 heavy (non-hydrogen) atoms. The summed E-state index contributed by atoms with van der Waals surface area (Å²) in [7, 11) is -3.61. The van der Waals surface area contributed by atoms with Crippen molar-refractivity contribution in [3.05, 3.63) is 28.5 Å². The monoisotopic (exact) mass is 533 g/mol. The first-order chi connectivity index (χ1) is 14.9. The van der Waals surface area contributed by atoms with E-state index in [1.807, 2.05) is 0 Å². The van der Waals surface area contributed by atoms with E-state index in [4.69, 9.17) is 9.47 Å². The number of ether oxygens (including phenoxy) is 2. The average Bonchev–Trinajstić information content (AvgIpc) is 3.22. The van der Waals surface area contributed by atoms with Gasteiger partial charge in [-0.2, -0.15) is 0 Å². The van der Waals surface area contributed by atoms with Crippen molar-refractivity contribution < 1.29 is 27.1 Å². The van der Waals surface area contributed by atoms with E-state index in [0.29, 0.717) is 36.2 Å². The van der Waals surface area contributed by atoms with Crippen LogP contribution in [0.4, 0.5) is 4.39 Å². The Kier molecular flexibility index (Phi) is 8.25. The van der Waals surface area contributed by atoms with Crippen molar-refractivity contribution in [2.45, 2.75) is 71.0 Å². The SMILES string of the molecule is CC(C)(C)OC(=O)[C@H](CS(=O)(=O)N1CCC(Oc2ccc(F)cc2Br)CC1)C1CCCC1. The third kappa shape index (κ3) is 6.90. The Morgan fingerprint density at radius 1 is 1.19 bits per heavy atom. The lowest BCUT2D eigenvalue weighted by Crippen LogP contribution is -2.45. The molecule has 180 valence electrons. The van der Waals surface area contributed by atoms with Gasteiger partial charge < -0.3 is 9.47 Å². The summed E-state index contributed by atoms with van der Waals surface area (Å²) >= 11 is 3.30. The standard InChI is InChI=1S/C23H33BrFNO5S/c1-23(2,3)31-22(27)19(16-6-4-5-7-16)15-32(28,29)26-12-10-18(11-13-26)30-21-9-8-17(25)14-20(21)24/h8-9,14,16,18-19H,4-7,10-13,15H2,1-3H3/t19-/m1/s1. The van der Waals surface area contributed by atoms with Crippen LogP contribution >= 0.6 is 15.9 Å². The van der Waals surface area contributed by atoms with Gasteiger partial charge in [-0.3, -0.25) is 4.79 Å². The van der Waals surface area contributed by atoms with Gasteiger partial charge in [-0.05, 0) is 86.5 Å². The molecule has 1 saturated heterocycles. The highest BCUT2D eigenvalue weighted by atomic mass is 79.9. The lowest BCUT2D eigenvalue weighted by Gasteiger charge is -2.33. The van der Waals surface area contributed by atoms with E-state index in [1.165, 1.54) is 16.4 Å². The second-order valence-corrected chi connectivity index (χ2v) is 12.6. The van der Waals surface area contributed by atoms with Crippen LogP contribution in [-0.2, 0) is 19.6 Å². The second-order valence-electron chi connectivity index (χ2n) is 9.75. The molecule has 0 radical (unpaired) electrons. The number of piperidine rings is 1. The minimum absolute atomic E-state index is 0.0522. The molecule has 0 bridgehead atoms. The van der Waals surface area contributed by atoms with Crippen molar-refractivity contribution in [2.24, 2.45) is 11.8 Å². The summed E-state index contributed by atoms with van der Waals surface area (Å²) in [4.78, 5) is 12.9. The number of rotatable bonds is 7. The number of benzene rings is 1. The number of carbonyl (C=O) groups excluding carboxylic acids is 1. The van der Waals surface area contributed by atoms with Gasteiger partial charge >= 0.3 is 5.97 Å². The predicted molar refractivity (Wildman–Crippen MR) is 124 cm³/mol. The van der Waals surface area contributed by atoms with Crippen LogP contribution in [0.3, 0.4) is 0 Å². The Labute approximate surface area is 199 Å². The number of halogens is 2. The topological polar surface area (TPSA) is 72.9 Å². The summed E-state index contributed by atoms with van der Waals surface area (Å²) < 4.78 is 53.2. The van der Waals surface area contributed by atoms with E-state index in [0.717, 1.165) is 25.7 Å². The van der Waals surface area contributed by atoms with Crippen LogP contribution in [0, 0.1) is 17.7 Å². The van der Waals surface area contributed by atoms with Crippen LogP contribution < -0.4 is 4.74 Å². The van der Waals surface area contributed by atoms with Crippen molar-refractivity contribution in [2.75, 3.05) is 18.8 Å². The van der Waals surface area contributed by atoms with Crippen molar-refractivity contribution in [1.29, 1.82) is 0 Å². The summed E-state index contributed by atoms with van der Waals surface area (Å²) in [5.41, 5.74) is -0.651. The van der Waals surface area contributed by atoms with Gasteiger partial charge in [0.25, 0.3) is 0 Å². The number of sulfonamides is 1. The molecule has 2 aliphatic rings. The summed E-state index contributed by atoms with van der Waals surface area (Å²) in [5.74, 6) is -1.01. The third-order valence-electron chi connectivity index (χ3n) is 6.05. The van der Waals surface area contributed by atoms with Crippen molar-refractivity contribution in [3.8, 4) is 5.75 Å². The lowest BCUT2D eigenvalue weighted by atomic mass is 9.92. The van der Waals surface area contributed by atoms with Gasteiger partial charge in [0.15, 0.2) is 0 Å². The molecular formula is C23H33BrFNO5S. The van der Waals surface area contributed by atoms with Crippen LogP contribution in [0.2, 0.25) is 0 Å². The van der Waals surface area contributed by atoms with E-state index >= 15 is 0 Å². The Bertz CT molecular complexity index is 903. The first-order valence-corrected chi connectivity index (χ1v) is 13.7. The van der Waals surface area contributed by atoms with Crippen LogP contribution in [0.5, 0.6) is 5.75 Å². The third-order valence-corrected chi connectivity index (χ3v) is 8.60. The molecule has 1 saturated carbocycles. The fourth-order valence-electron chi connectivity index (χ4n) is 4.44. The zero-order valence-corrected chi connectivity index (χ0v) is 21.4. The smallest absolute Gasteiger partial charge is 0.310 e. The Morgan fingerprint density at radius 3 is 2.38 bits per heavy atom. The zero-order valence-electron chi connectivity index (χ0n) is 19.0. The number of hydrogen-bond acceptors (Lipinski definition) is 5. The molecule has 0 unspecified atom stereocenters. The molecule has 9 heteroatoms. The Balaban J connectivity index is 1.62. The van der Waals surface area contributed by atoms with E-state index < -0.39 is 27.5 Å². The summed E-state index contributed by atoms with van der Waals surface area (Å²) in [5, 5.41) is 0. The molecule has 1 aromatic rings. The van der Waals surface area contributed by atoms with E-state index in [9.17, 15) is 17.6 Å². The average molecular weight is 534 g/mol. The molecule has 1 aliphatic carbocycles. The predicted octanol–water partition coefficient (Wildman–Crippen LogP) is 4.91.